The van der Waals surface area contributed by atoms with Crippen molar-refractivity contribution in [2.75, 3.05) is 0 Å². The van der Waals surface area contributed by atoms with Gasteiger partial charge < -0.3 is 10.1 Å². The number of benzene rings is 2. The second kappa shape index (κ2) is 6.84. The van der Waals surface area contributed by atoms with Crippen LogP contribution in [0.3, 0.4) is 0 Å². The van der Waals surface area contributed by atoms with E-state index in [4.69, 9.17) is 4.74 Å². The predicted octanol–water partition coefficient (Wildman–Crippen LogP) is 4.94. The van der Waals surface area contributed by atoms with Gasteiger partial charge >= 0.3 is 0 Å². The van der Waals surface area contributed by atoms with Crippen LogP contribution in [-0.4, -0.2) is 17.6 Å². The second-order valence-corrected chi connectivity index (χ2v) is 8.35. The molecule has 1 amide bonds. The smallest absolute Gasteiger partial charge is 0.261 e. The van der Waals surface area contributed by atoms with Crippen molar-refractivity contribution in [3.05, 3.63) is 42.5 Å². The van der Waals surface area contributed by atoms with Gasteiger partial charge in [-0.1, -0.05) is 57.2 Å². The Labute approximate surface area is 145 Å². The maximum absolute atomic E-state index is 12.5. The summed E-state index contributed by atoms with van der Waals surface area (Å²) >= 11 is 0. The molecule has 0 fully saturated rings. The monoisotopic (exact) mass is 327 g/mol. The minimum absolute atomic E-state index is 0.0859. The van der Waals surface area contributed by atoms with E-state index >= 15 is 0 Å². The van der Waals surface area contributed by atoms with Gasteiger partial charge in [0, 0.05) is 10.9 Å². The Hall–Kier alpha value is -2.03. The van der Waals surface area contributed by atoms with Gasteiger partial charge in [0.1, 0.15) is 5.75 Å². The van der Waals surface area contributed by atoms with Crippen molar-refractivity contribution in [3.8, 4) is 5.75 Å². The maximum atomic E-state index is 12.5. The Morgan fingerprint density at radius 3 is 2.33 bits per heavy atom. The van der Waals surface area contributed by atoms with Crippen LogP contribution in [0.5, 0.6) is 5.75 Å². The van der Waals surface area contributed by atoms with Gasteiger partial charge in [-0.25, -0.2) is 0 Å². The highest BCUT2D eigenvalue weighted by Crippen LogP contribution is 2.28. The zero-order chi connectivity index (χ0) is 18.0. The van der Waals surface area contributed by atoms with Crippen molar-refractivity contribution in [2.24, 2.45) is 5.41 Å². The maximum Gasteiger partial charge on any atom is 0.261 e. The lowest BCUT2D eigenvalue weighted by Gasteiger charge is -2.34. The molecule has 0 aliphatic rings. The van der Waals surface area contributed by atoms with Crippen molar-refractivity contribution in [1.82, 2.24) is 5.32 Å². The molecule has 0 saturated heterocycles. The van der Waals surface area contributed by atoms with Crippen LogP contribution in [0.4, 0.5) is 0 Å². The molecule has 0 heterocycles. The van der Waals surface area contributed by atoms with Gasteiger partial charge in [0.2, 0.25) is 0 Å². The predicted molar refractivity (Wildman–Crippen MR) is 100 cm³/mol. The minimum Gasteiger partial charge on any atom is -0.480 e. The van der Waals surface area contributed by atoms with Crippen molar-refractivity contribution < 1.29 is 9.53 Å². The molecule has 2 aromatic rings. The Morgan fingerprint density at radius 1 is 1.04 bits per heavy atom. The van der Waals surface area contributed by atoms with Gasteiger partial charge in [-0.2, -0.15) is 0 Å². The van der Waals surface area contributed by atoms with E-state index in [9.17, 15) is 4.79 Å². The molecule has 0 spiro atoms. The third-order valence-corrected chi connectivity index (χ3v) is 3.86. The van der Waals surface area contributed by atoms with Crippen molar-refractivity contribution in [3.63, 3.8) is 0 Å². The first-order chi connectivity index (χ1) is 11.1. The van der Waals surface area contributed by atoms with Crippen molar-refractivity contribution >= 4 is 16.7 Å². The van der Waals surface area contributed by atoms with Gasteiger partial charge in [0.15, 0.2) is 6.10 Å². The zero-order valence-electron chi connectivity index (χ0n) is 15.6. The number of amides is 1. The highest BCUT2D eigenvalue weighted by molar-refractivity contribution is 5.89. The van der Waals surface area contributed by atoms with Crippen LogP contribution in [0, 0.1) is 5.41 Å². The number of rotatable bonds is 5. The number of nitrogens with one attached hydrogen (secondary N) is 1. The van der Waals surface area contributed by atoms with E-state index in [1.165, 1.54) is 0 Å². The van der Waals surface area contributed by atoms with Gasteiger partial charge in [-0.3, -0.25) is 4.79 Å². The summed E-state index contributed by atoms with van der Waals surface area (Å²) in [5.74, 6) is 0.654. The highest BCUT2D eigenvalue weighted by atomic mass is 16.5. The third kappa shape index (κ3) is 4.98. The number of carbonyl (C=O) groups excluding carboxylic acids is 1. The molecule has 0 saturated carbocycles. The summed E-state index contributed by atoms with van der Waals surface area (Å²) in [6.45, 7) is 12.4. The average molecular weight is 327 g/mol. The molecule has 2 aromatic carbocycles. The van der Waals surface area contributed by atoms with E-state index in [0.717, 1.165) is 22.9 Å². The molecule has 0 aliphatic carbocycles. The molecule has 1 unspecified atom stereocenters. The summed E-state index contributed by atoms with van der Waals surface area (Å²) in [5.41, 5.74) is -0.123. The third-order valence-electron chi connectivity index (χ3n) is 3.86. The van der Waals surface area contributed by atoms with Gasteiger partial charge in [-0.05, 0) is 44.1 Å². The molecule has 1 N–H and O–H groups in total. The number of hydrogen-bond acceptors (Lipinski definition) is 2. The zero-order valence-corrected chi connectivity index (χ0v) is 15.6. The molecule has 1 atom stereocenters. The van der Waals surface area contributed by atoms with Gasteiger partial charge in [0.05, 0.1) is 0 Å². The average Bonchev–Trinajstić information content (AvgIpc) is 2.44. The first kappa shape index (κ1) is 18.3. The van der Waals surface area contributed by atoms with Crippen LogP contribution in [0.1, 0.15) is 48.0 Å². The quantitative estimate of drug-likeness (QED) is 0.845. The lowest BCUT2D eigenvalue weighted by atomic mass is 9.81. The fraction of sp³-hybridized carbons (Fsp3) is 0.476. The first-order valence-electron chi connectivity index (χ1n) is 8.54. The lowest BCUT2D eigenvalue weighted by Crippen LogP contribution is -2.50. The SMILES string of the molecule is CC(Oc1cccc2ccccc12)C(=O)NC(C)(C)CC(C)(C)C. The summed E-state index contributed by atoms with van der Waals surface area (Å²) < 4.78 is 5.95. The van der Waals surface area contributed by atoms with Gasteiger partial charge in [-0.15, -0.1) is 0 Å². The second-order valence-electron chi connectivity index (χ2n) is 8.35. The highest BCUT2D eigenvalue weighted by Gasteiger charge is 2.29. The first-order valence-corrected chi connectivity index (χ1v) is 8.54. The number of carbonyl (C=O) groups is 1. The molecule has 0 bridgehead atoms. The summed E-state index contributed by atoms with van der Waals surface area (Å²) in [5, 5.41) is 5.25. The van der Waals surface area contributed by atoms with Crippen molar-refractivity contribution in [1.29, 1.82) is 0 Å². The van der Waals surface area contributed by atoms with Crippen molar-refractivity contribution in [2.45, 2.75) is 59.6 Å². The Kier molecular flexibility index (Phi) is 5.22. The molecular weight excluding hydrogens is 298 g/mol. The van der Waals surface area contributed by atoms with E-state index in [0.29, 0.717) is 0 Å². The Morgan fingerprint density at radius 2 is 1.67 bits per heavy atom. The van der Waals surface area contributed by atoms with E-state index in [-0.39, 0.29) is 16.9 Å². The molecule has 0 aromatic heterocycles. The number of ether oxygens (including phenoxy) is 1. The Balaban J connectivity index is 2.08. The molecule has 130 valence electrons. The molecular formula is C21H29NO2. The fourth-order valence-electron chi connectivity index (χ4n) is 3.35. The van der Waals surface area contributed by atoms with Crippen LogP contribution in [0.25, 0.3) is 10.8 Å². The van der Waals surface area contributed by atoms with Crippen LogP contribution in [-0.2, 0) is 4.79 Å². The van der Waals surface area contributed by atoms with Gasteiger partial charge in [0.25, 0.3) is 5.91 Å². The number of hydrogen-bond donors (Lipinski definition) is 1. The molecule has 2 rings (SSSR count). The van der Waals surface area contributed by atoms with Crippen LogP contribution >= 0.6 is 0 Å². The topological polar surface area (TPSA) is 38.3 Å². The van der Waals surface area contributed by atoms with Crippen LogP contribution < -0.4 is 10.1 Å². The molecule has 3 heteroatoms. The Bertz CT molecular complexity index is 708. The van der Waals surface area contributed by atoms with E-state index < -0.39 is 6.10 Å². The van der Waals surface area contributed by atoms with E-state index in [1.54, 1.807) is 6.92 Å². The summed E-state index contributed by atoms with van der Waals surface area (Å²) in [6, 6.07) is 13.9. The summed E-state index contributed by atoms with van der Waals surface area (Å²) in [4.78, 5) is 12.5. The minimum atomic E-state index is -0.546. The van der Waals surface area contributed by atoms with Crippen LogP contribution in [0.15, 0.2) is 42.5 Å². The normalized spacial score (nSPS) is 13.6. The van der Waals surface area contributed by atoms with E-state index in [1.807, 2.05) is 42.5 Å². The fourth-order valence-corrected chi connectivity index (χ4v) is 3.35. The van der Waals surface area contributed by atoms with E-state index in [2.05, 4.69) is 39.9 Å². The largest absolute Gasteiger partial charge is 0.480 e. The number of fused-ring (bicyclic) bond motifs is 1. The summed E-state index contributed by atoms with van der Waals surface area (Å²) in [7, 11) is 0. The molecule has 0 aliphatic heterocycles. The molecule has 24 heavy (non-hydrogen) atoms. The molecule has 0 radical (unpaired) electrons. The lowest BCUT2D eigenvalue weighted by molar-refractivity contribution is -0.129. The summed E-state index contributed by atoms with van der Waals surface area (Å²) in [6.07, 6.45) is 0.349. The standard InChI is InChI=1S/C21H29NO2/c1-15(19(23)22-21(5,6)14-20(2,3)4)24-18-13-9-11-16-10-7-8-12-17(16)18/h7-13,15H,14H2,1-6H3,(H,22,23). The molecule has 3 nitrogen and oxygen atoms in total. The van der Waals surface area contributed by atoms with Crippen LogP contribution in [0.2, 0.25) is 0 Å².